The van der Waals surface area contributed by atoms with Gasteiger partial charge in [0.2, 0.25) is 0 Å². The Bertz CT molecular complexity index is 601. The molecule has 2 aromatic rings. The Labute approximate surface area is 126 Å². The predicted molar refractivity (Wildman–Crippen MR) is 81.6 cm³/mol. The van der Waals surface area contributed by atoms with Crippen molar-refractivity contribution in [1.82, 2.24) is 5.32 Å². The first-order chi connectivity index (χ1) is 9.58. The fourth-order valence-electron chi connectivity index (χ4n) is 1.85. The molecule has 0 saturated carbocycles. The molecule has 20 heavy (non-hydrogen) atoms. The maximum Gasteiger partial charge on any atom is 0.251 e. The van der Waals surface area contributed by atoms with Gasteiger partial charge in [0, 0.05) is 12.1 Å². The van der Waals surface area contributed by atoms with Crippen molar-refractivity contribution in [3.8, 4) is 0 Å². The number of halogens is 2. The fraction of sp³-hybridized carbons (Fsp3) is 0.188. The van der Waals surface area contributed by atoms with Crippen LogP contribution in [0.2, 0.25) is 0 Å². The van der Waals surface area contributed by atoms with Crippen molar-refractivity contribution in [2.24, 2.45) is 0 Å². The average molecular weight is 336 g/mol. The van der Waals surface area contributed by atoms with Crippen molar-refractivity contribution in [2.75, 3.05) is 6.54 Å². The Kier molecular flexibility index (Phi) is 4.90. The van der Waals surface area contributed by atoms with E-state index in [9.17, 15) is 9.18 Å². The Morgan fingerprint density at radius 2 is 1.95 bits per heavy atom. The van der Waals surface area contributed by atoms with Gasteiger partial charge in [-0.2, -0.15) is 0 Å². The van der Waals surface area contributed by atoms with Crippen LogP contribution in [0.4, 0.5) is 4.39 Å². The molecular weight excluding hydrogens is 321 g/mol. The number of hydrogen-bond acceptors (Lipinski definition) is 1. The molecule has 0 aliphatic carbocycles. The summed E-state index contributed by atoms with van der Waals surface area (Å²) in [4.78, 5) is 12.0. The van der Waals surface area contributed by atoms with Crippen LogP contribution in [-0.4, -0.2) is 12.5 Å². The fourth-order valence-corrected chi connectivity index (χ4v) is 2.32. The number of alkyl halides is 1. The highest BCUT2D eigenvalue weighted by atomic mass is 79.9. The van der Waals surface area contributed by atoms with E-state index < -0.39 is 0 Å². The van der Waals surface area contributed by atoms with Crippen molar-refractivity contribution in [2.45, 2.75) is 11.8 Å². The molecule has 0 saturated heterocycles. The summed E-state index contributed by atoms with van der Waals surface area (Å²) in [6.07, 6.45) is 0. The number of hydrogen-bond donors (Lipinski definition) is 1. The van der Waals surface area contributed by atoms with Gasteiger partial charge < -0.3 is 5.32 Å². The molecule has 0 radical (unpaired) electrons. The van der Waals surface area contributed by atoms with Crippen LogP contribution in [0.3, 0.4) is 0 Å². The largest absolute Gasteiger partial charge is 0.351 e. The third kappa shape index (κ3) is 3.67. The van der Waals surface area contributed by atoms with Crippen LogP contribution in [-0.2, 0) is 0 Å². The summed E-state index contributed by atoms with van der Waals surface area (Å²) in [7, 11) is 0. The van der Waals surface area contributed by atoms with Crippen LogP contribution < -0.4 is 5.32 Å². The molecule has 1 N–H and O–H groups in total. The first-order valence-electron chi connectivity index (χ1n) is 6.31. The lowest BCUT2D eigenvalue weighted by atomic mass is 10.1. The second-order valence-electron chi connectivity index (χ2n) is 4.55. The highest BCUT2D eigenvalue weighted by Gasteiger charge is 2.11. The molecule has 2 nitrogen and oxygen atoms in total. The summed E-state index contributed by atoms with van der Waals surface area (Å²) in [5, 5.41) is 2.84. The highest BCUT2D eigenvalue weighted by Crippen LogP contribution is 2.21. The van der Waals surface area contributed by atoms with Gasteiger partial charge in [0.05, 0.1) is 4.83 Å². The standard InChI is InChI=1S/C16H15BrFNO/c1-11-9-13(7-8-15(11)18)16(20)19-10-14(17)12-5-3-2-4-6-12/h2-9,14H,10H2,1H3,(H,19,20). The lowest BCUT2D eigenvalue weighted by Gasteiger charge is -2.12. The molecule has 104 valence electrons. The summed E-state index contributed by atoms with van der Waals surface area (Å²) in [6.45, 7) is 2.11. The summed E-state index contributed by atoms with van der Waals surface area (Å²) in [6, 6.07) is 14.2. The predicted octanol–water partition coefficient (Wildman–Crippen LogP) is 4.00. The van der Waals surface area contributed by atoms with Crippen LogP contribution in [0.1, 0.15) is 26.3 Å². The minimum Gasteiger partial charge on any atom is -0.351 e. The summed E-state index contributed by atoms with van der Waals surface area (Å²) >= 11 is 3.54. The molecule has 1 unspecified atom stereocenters. The second kappa shape index (κ2) is 6.66. The number of carbonyl (C=O) groups is 1. The number of nitrogens with one attached hydrogen (secondary N) is 1. The van der Waals surface area contributed by atoms with Crippen molar-refractivity contribution >= 4 is 21.8 Å². The van der Waals surface area contributed by atoms with Crippen LogP contribution in [0.15, 0.2) is 48.5 Å². The van der Waals surface area contributed by atoms with E-state index in [1.54, 1.807) is 13.0 Å². The van der Waals surface area contributed by atoms with Gasteiger partial charge in [-0.05, 0) is 36.2 Å². The first kappa shape index (κ1) is 14.7. The Hall–Kier alpha value is -1.68. The Morgan fingerprint density at radius 3 is 2.60 bits per heavy atom. The Morgan fingerprint density at radius 1 is 1.25 bits per heavy atom. The summed E-state index contributed by atoms with van der Waals surface area (Å²) in [5.74, 6) is -0.502. The lowest BCUT2D eigenvalue weighted by molar-refractivity contribution is 0.0954. The maximum absolute atomic E-state index is 13.2. The van der Waals surface area contributed by atoms with Crippen LogP contribution >= 0.6 is 15.9 Å². The quantitative estimate of drug-likeness (QED) is 0.840. The third-order valence-corrected chi connectivity index (χ3v) is 3.88. The van der Waals surface area contributed by atoms with Crippen LogP contribution in [0.25, 0.3) is 0 Å². The molecule has 0 aliphatic rings. The third-order valence-electron chi connectivity index (χ3n) is 3.02. The van der Waals surface area contributed by atoms with E-state index in [2.05, 4.69) is 21.2 Å². The number of rotatable bonds is 4. The summed E-state index contributed by atoms with van der Waals surface area (Å²) in [5.41, 5.74) is 2.04. The number of carbonyl (C=O) groups excluding carboxylic acids is 1. The van der Waals surface area contributed by atoms with Gasteiger partial charge in [-0.1, -0.05) is 46.3 Å². The normalized spacial score (nSPS) is 11.9. The topological polar surface area (TPSA) is 29.1 Å². The zero-order valence-electron chi connectivity index (χ0n) is 11.1. The van der Waals surface area contributed by atoms with E-state index in [1.165, 1.54) is 12.1 Å². The van der Waals surface area contributed by atoms with E-state index >= 15 is 0 Å². The monoisotopic (exact) mass is 335 g/mol. The smallest absolute Gasteiger partial charge is 0.251 e. The molecule has 0 aromatic heterocycles. The number of amides is 1. The van der Waals surface area contributed by atoms with Crippen molar-refractivity contribution < 1.29 is 9.18 Å². The van der Waals surface area contributed by atoms with E-state index in [-0.39, 0.29) is 16.6 Å². The van der Waals surface area contributed by atoms with Gasteiger partial charge >= 0.3 is 0 Å². The van der Waals surface area contributed by atoms with Gasteiger partial charge in [0.15, 0.2) is 0 Å². The van der Waals surface area contributed by atoms with Gasteiger partial charge in [0.1, 0.15) is 5.82 Å². The Balaban J connectivity index is 1.97. The number of aryl methyl sites for hydroxylation is 1. The van der Waals surface area contributed by atoms with Gasteiger partial charge in [0.25, 0.3) is 5.91 Å². The molecule has 1 atom stereocenters. The minimum atomic E-state index is -0.302. The summed E-state index contributed by atoms with van der Waals surface area (Å²) < 4.78 is 13.2. The highest BCUT2D eigenvalue weighted by molar-refractivity contribution is 9.09. The lowest BCUT2D eigenvalue weighted by Crippen LogP contribution is -2.26. The zero-order chi connectivity index (χ0) is 14.5. The van der Waals surface area contributed by atoms with E-state index in [4.69, 9.17) is 0 Å². The molecule has 0 spiro atoms. The minimum absolute atomic E-state index is 0.0502. The molecule has 1 amide bonds. The van der Waals surface area contributed by atoms with Gasteiger partial charge in [-0.3, -0.25) is 4.79 Å². The molecule has 2 rings (SSSR count). The van der Waals surface area contributed by atoms with Crippen molar-refractivity contribution in [3.63, 3.8) is 0 Å². The van der Waals surface area contributed by atoms with Crippen molar-refractivity contribution in [3.05, 3.63) is 71.0 Å². The van der Waals surface area contributed by atoms with Crippen LogP contribution in [0, 0.1) is 12.7 Å². The molecule has 0 heterocycles. The molecular formula is C16H15BrFNO. The van der Waals surface area contributed by atoms with Crippen LogP contribution in [0.5, 0.6) is 0 Å². The maximum atomic E-state index is 13.2. The molecule has 0 bridgehead atoms. The average Bonchev–Trinajstić information content (AvgIpc) is 2.48. The second-order valence-corrected chi connectivity index (χ2v) is 5.66. The first-order valence-corrected chi connectivity index (χ1v) is 7.23. The van der Waals surface area contributed by atoms with Crippen molar-refractivity contribution in [1.29, 1.82) is 0 Å². The van der Waals surface area contributed by atoms with Gasteiger partial charge in [-0.15, -0.1) is 0 Å². The van der Waals surface area contributed by atoms with E-state index in [0.717, 1.165) is 5.56 Å². The molecule has 0 fully saturated rings. The molecule has 0 aliphatic heterocycles. The van der Waals surface area contributed by atoms with Gasteiger partial charge in [-0.25, -0.2) is 4.39 Å². The molecule has 2 aromatic carbocycles. The van der Waals surface area contributed by atoms with E-state index in [1.807, 2.05) is 30.3 Å². The zero-order valence-corrected chi connectivity index (χ0v) is 12.7. The molecule has 4 heteroatoms. The number of benzene rings is 2. The van der Waals surface area contributed by atoms with E-state index in [0.29, 0.717) is 17.7 Å². The SMILES string of the molecule is Cc1cc(C(=O)NCC(Br)c2ccccc2)ccc1F.